The molecule has 0 spiro atoms. The Bertz CT molecular complexity index is 1140. The lowest BCUT2D eigenvalue weighted by molar-refractivity contribution is -0.112. The minimum Gasteiger partial charge on any atom is -0.462 e. The second kappa shape index (κ2) is 9.34. The van der Waals surface area contributed by atoms with E-state index in [-0.39, 0.29) is 17.9 Å². The molecule has 6 nitrogen and oxygen atoms in total. The smallest absolute Gasteiger partial charge is 0.338 e. The number of carbonyl (C=O) groups excluding carboxylic acids is 2. The third kappa shape index (κ3) is 5.00. The zero-order valence-electron chi connectivity index (χ0n) is 16.0. The molecule has 0 aliphatic heterocycles. The summed E-state index contributed by atoms with van der Waals surface area (Å²) in [4.78, 5) is 24.1. The molecule has 0 saturated carbocycles. The molecule has 1 amide bonds. The van der Waals surface area contributed by atoms with E-state index in [2.05, 4.69) is 5.32 Å². The number of nitriles is 1. The van der Waals surface area contributed by atoms with Crippen molar-refractivity contribution in [2.24, 2.45) is 0 Å². The summed E-state index contributed by atoms with van der Waals surface area (Å²) in [5.41, 5.74) is 1.13. The highest BCUT2D eigenvalue weighted by molar-refractivity contribution is 6.09. The van der Waals surface area contributed by atoms with Crippen LogP contribution in [0.1, 0.15) is 23.0 Å². The largest absolute Gasteiger partial charge is 0.462 e. The number of esters is 1. The summed E-state index contributed by atoms with van der Waals surface area (Å²) in [6, 6.07) is 17.0. The zero-order valence-corrected chi connectivity index (χ0v) is 16.0. The lowest BCUT2D eigenvalue weighted by Gasteiger charge is -2.06. The van der Waals surface area contributed by atoms with Gasteiger partial charge in [-0.2, -0.15) is 5.26 Å². The quantitative estimate of drug-likeness (QED) is 0.362. The maximum Gasteiger partial charge on any atom is 0.338 e. The molecule has 0 fully saturated rings. The first-order valence-corrected chi connectivity index (χ1v) is 9.06. The molecule has 3 rings (SSSR count). The van der Waals surface area contributed by atoms with Gasteiger partial charge in [-0.3, -0.25) is 4.79 Å². The molecule has 30 heavy (non-hydrogen) atoms. The van der Waals surface area contributed by atoms with Gasteiger partial charge < -0.3 is 14.5 Å². The maximum absolute atomic E-state index is 13.4. The van der Waals surface area contributed by atoms with Gasteiger partial charge in [0.15, 0.2) is 0 Å². The molecule has 150 valence electrons. The SMILES string of the molecule is CCOC(=O)c1ccc(NC(=O)/C(C#N)=C/c2ccc(-c3cccc(F)c3)o2)cc1. The number of anilines is 1. The Morgan fingerprint density at radius 3 is 2.60 bits per heavy atom. The molecular formula is C23H17FN2O4. The van der Waals surface area contributed by atoms with Crippen LogP contribution in [0.5, 0.6) is 0 Å². The summed E-state index contributed by atoms with van der Waals surface area (Å²) in [5.74, 6) is -0.802. The fraction of sp³-hybridized carbons (Fsp3) is 0.0870. The van der Waals surface area contributed by atoms with Crippen molar-refractivity contribution < 1.29 is 23.1 Å². The van der Waals surface area contributed by atoms with Crippen molar-refractivity contribution in [2.75, 3.05) is 11.9 Å². The van der Waals surface area contributed by atoms with E-state index in [1.807, 2.05) is 6.07 Å². The van der Waals surface area contributed by atoms with Crippen LogP contribution in [0.3, 0.4) is 0 Å². The number of hydrogen-bond donors (Lipinski definition) is 1. The summed E-state index contributed by atoms with van der Waals surface area (Å²) in [6.07, 6.45) is 1.30. The summed E-state index contributed by atoms with van der Waals surface area (Å²) >= 11 is 0. The molecule has 0 aliphatic carbocycles. The number of carbonyl (C=O) groups is 2. The van der Waals surface area contributed by atoms with E-state index in [1.54, 1.807) is 31.2 Å². The monoisotopic (exact) mass is 404 g/mol. The fourth-order valence-corrected chi connectivity index (χ4v) is 2.62. The van der Waals surface area contributed by atoms with E-state index in [0.29, 0.717) is 22.6 Å². The molecular weight excluding hydrogens is 387 g/mol. The van der Waals surface area contributed by atoms with E-state index in [1.165, 1.54) is 42.5 Å². The van der Waals surface area contributed by atoms with E-state index in [9.17, 15) is 19.2 Å². The number of benzene rings is 2. The standard InChI is InChI=1S/C23H17FN2O4/c1-2-29-23(28)15-6-8-19(9-7-15)26-22(27)17(14-25)13-20-10-11-21(30-20)16-4-3-5-18(24)12-16/h3-13H,2H2,1H3,(H,26,27)/b17-13+. The van der Waals surface area contributed by atoms with Crippen molar-refractivity contribution in [1.29, 1.82) is 5.26 Å². The lowest BCUT2D eigenvalue weighted by Crippen LogP contribution is -2.13. The molecule has 0 saturated heterocycles. The van der Waals surface area contributed by atoms with Crippen LogP contribution in [0.4, 0.5) is 10.1 Å². The molecule has 0 bridgehead atoms. The van der Waals surface area contributed by atoms with Gasteiger partial charge in [0.2, 0.25) is 0 Å². The fourth-order valence-electron chi connectivity index (χ4n) is 2.62. The van der Waals surface area contributed by atoms with Gasteiger partial charge in [0, 0.05) is 17.3 Å². The third-order valence-electron chi connectivity index (χ3n) is 4.04. The number of nitrogens with zero attached hydrogens (tertiary/aromatic N) is 1. The lowest BCUT2D eigenvalue weighted by atomic mass is 10.2. The summed E-state index contributed by atoms with van der Waals surface area (Å²) < 4.78 is 23.9. The van der Waals surface area contributed by atoms with Crippen LogP contribution in [-0.2, 0) is 9.53 Å². The van der Waals surface area contributed by atoms with Crippen LogP contribution >= 0.6 is 0 Å². The molecule has 7 heteroatoms. The first-order chi connectivity index (χ1) is 14.5. The molecule has 1 N–H and O–H groups in total. The Kier molecular flexibility index (Phi) is 6.40. The van der Waals surface area contributed by atoms with Crippen LogP contribution in [-0.4, -0.2) is 18.5 Å². The normalized spacial score (nSPS) is 10.9. The Morgan fingerprint density at radius 2 is 1.93 bits per heavy atom. The van der Waals surface area contributed by atoms with Gasteiger partial charge in [0.25, 0.3) is 5.91 Å². The molecule has 0 unspecified atom stereocenters. The third-order valence-corrected chi connectivity index (χ3v) is 4.04. The predicted octanol–water partition coefficient (Wildman–Crippen LogP) is 4.81. The average molecular weight is 404 g/mol. The Hall–Kier alpha value is -4.18. The van der Waals surface area contributed by atoms with Gasteiger partial charge in [-0.1, -0.05) is 12.1 Å². The van der Waals surface area contributed by atoms with Crippen LogP contribution in [0, 0.1) is 17.1 Å². The molecule has 0 radical (unpaired) electrons. The summed E-state index contributed by atoms with van der Waals surface area (Å²) in [5, 5.41) is 11.9. The molecule has 2 aromatic carbocycles. The highest BCUT2D eigenvalue weighted by Gasteiger charge is 2.13. The van der Waals surface area contributed by atoms with Gasteiger partial charge in [0.05, 0.1) is 12.2 Å². The van der Waals surface area contributed by atoms with Gasteiger partial charge in [-0.05, 0) is 55.5 Å². The molecule has 0 atom stereocenters. The molecule has 1 heterocycles. The molecule has 3 aromatic rings. The number of furan rings is 1. The number of nitrogens with one attached hydrogen (secondary N) is 1. The molecule has 0 aliphatic rings. The minimum absolute atomic E-state index is 0.176. The maximum atomic E-state index is 13.4. The van der Waals surface area contributed by atoms with Gasteiger partial charge >= 0.3 is 5.97 Å². The summed E-state index contributed by atoms with van der Waals surface area (Å²) in [6.45, 7) is 1.98. The second-order valence-corrected chi connectivity index (χ2v) is 6.13. The van der Waals surface area contributed by atoms with Gasteiger partial charge in [0.1, 0.15) is 29.0 Å². The number of rotatable bonds is 6. The number of halogens is 1. The van der Waals surface area contributed by atoms with Crippen LogP contribution in [0.15, 0.2) is 70.7 Å². The zero-order chi connectivity index (χ0) is 21.5. The number of hydrogen-bond acceptors (Lipinski definition) is 5. The van der Waals surface area contributed by atoms with E-state index in [4.69, 9.17) is 9.15 Å². The van der Waals surface area contributed by atoms with Crippen LogP contribution in [0.25, 0.3) is 17.4 Å². The van der Waals surface area contributed by atoms with Crippen molar-refractivity contribution in [3.63, 3.8) is 0 Å². The van der Waals surface area contributed by atoms with Crippen molar-refractivity contribution in [3.8, 4) is 17.4 Å². The Balaban J connectivity index is 1.73. The molecule has 1 aromatic heterocycles. The highest BCUT2D eigenvalue weighted by Crippen LogP contribution is 2.24. The van der Waals surface area contributed by atoms with Crippen LogP contribution in [0.2, 0.25) is 0 Å². The predicted molar refractivity (Wildman–Crippen MR) is 109 cm³/mol. The van der Waals surface area contributed by atoms with E-state index >= 15 is 0 Å². The van der Waals surface area contributed by atoms with E-state index < -0.39 is 17.7 Å². The first kappa shape index (κ1) is 20.6. The summed E-state index contributed by atoms with van der Waals surface area (Å²) in [7, 11) is 0. The topological polar surface area (TPSA) is 92.3 Å². The first-order valence-electron chi connectivity index (χ1n) is 9.06. The Morgan fingerprint density at radius 1 is 1.17 bits per heavy atom. The van der Waals surface area contributed by atoms with Crippen molar-refractivity contribution in [1.82, 2.24) is 0 Å². The number of amides is 1. The van der Waals surface area contributed by atoms with E-state index in [0.717, 1.165) is 0 Å². The Labute approximate surface area is 172 Å². The number of ether oxygens (including phenoxy) is 1. The average Bonchev–Trinajstić information content (AvgIpc) is 3.21. The van der Waals surface area contributed by atoms with Crippen LogP contribution < -0.4 is 5.32 Å². The van der Waals surface area contributed by atoms with Gasteiger partial charge in [-0.25, -0.2) is 9.18 Å². The van der Waals surface area contributed by atoms with Crippen molar-refractivity contribution in [3.05, 3.63) is 83.4 Å². The van der Waals surface area contributed by atoms with Crippen molar-refractivity contribution >= 4 is 23.6 Å². The van der Waals surface area contributed by atoms with Gasteiger partial charge in [-0.15, -0.1) is 0 Å². The second-order valence-electron chi connectivity index (χ2n) is 6.13. The highest BCUT2D eigenvalue weighted by atomic mass is 19.1. The van der Waals surface area contributed by atoms with Crippen molar-refractivity contribution in [2.45, 2.75) is 6.92 Å². The minimum atomic E-state index is -0.634.